The molecular weight excluding hydrogens is 278 g/mol. The molecule has 4 rings (SSSR count). The van der Waals surface area contributed by atoms with Gasteiger partial charge in [-0.3, -0.25) is 0 Å². The Morgan fingerprint density at radius 2 is 1.96 bits per heavy atom. The summed E-state index contributed by atoms with van der Waals surface area (Å²) in [6.45, 7) is 4.68. The van der Waals surface area contributed by atoms with Crippen LogP contribution >= 0.6 is 0 Å². The van der Waals surface area contributed by atoms with Crippen LogP contribution in [0.3, 0.4) is 0 Å². The Morgan fingerprint density at radius 3 is 2.78 bits per heavy atom. The molecular formula is C22H23N. The van der Waals surface area contributed by atoms with Crippen molar-refractivity contribution in [2.75, 3.05) is 0 Å². The second-order valence-corrected chi connectivity index (χ2v) is 7.07. The molecule has 1 nitrogen and oxygen atoms in total. The molecule has 0 radical (unpaired) electrons. The summed E-state index contributed by atoms with van der Waals surface area (Å²) in [7, 11) is 0. The number of nitrogens with one attached hydrogen (secondary N) is 1. The van der Waals surface area contributed by atoms with Gasteiger partial charge in [0.05, 0.1) is 0 Å². The molecule has 0 aliphatic heterocycles. The van der Waals surface area contributed by atoms with Crippen molar-refractivity contribution in [3.05, 3.63) is 89.2 Å². The van der Waals surface area contributed by atoms with Gasteiger partial charge in [-0.15, -0.1) is 0 Å². The van der Waals surface area contributed by atoms with Gasteiger partial charge < -0.3 is 5.32 Å². The maximum Gasteiger partial charge on any atom is 0.0479 e. The average Bonchev–Trinajstić information content (AvgIpc) is 2.71. The van der Waals surface area contributed by atoms with Gasteiger partial charge in [0.15, 0.2) is 0 Å². The summed E-state index contributed by atoms with van der Waals surface area (Å²) >= 11 is 0. The van der Waals surface area contributed by atoms with Crippen LogP contribution < -0.4 is 5.32 Å². The molecule has 1 N–H and O–H groups in total. The van der Waals surface area contributed by atoms with Crippen molar-refractivity contribution in [3.8, 4) is 0 Å². The molecule has 0 spiro atoms. The van der Waals surface area contributed by atoms with Gasteiger partial charge in [-0.2, -0.15) is 0 Å². The number of rotatable bonds is 2. The van der Waals surface area contributed by atoms with Crippen molar-refractivity contribution >= 4 is 5.57 Å². The van der Waals surface area contributed by atoms with Crippen LogP contribution in [0.5, 0.6) is 0 Å². The minimum absolute atomic E-state index is 0.0653. The maximum atomic E-state index is 3.71. The Labute approximate surface area is 138 Å². The van der Waals surface area contributed by atoms with Crippen LogP contribution in [0.4, 0.5) is 0 Å². The summed E-state index contributed by atoms with van der Waals surface area (Å²) in [5, 5.41) is 3.71. The molecule has 23 heavy (non-hydrogen) atoms. The first-order chi connectivity index (χ1) is 11.2. The summed E-state index contributed by atoms with van der Waals surface area (Å²) in [6.07, 6.45) is 17.8. The lowest BCUT2D eigenvalue weighted by atomic mass is 9.81. The van der Waals surface area contributed by atoms with Crippen molar-refractivity contribution in [3.63, 3.8) is 0 Å². The fourth-order valence-electron chi connectivity index (χ4n) is 3.89. The van der Waals surface area contributed by atoms with E-state index in [4.69, 9.17) is 0 Å². The van der Waals surface area contributed by atoms with Crippen molar-refractivity contribution in [2.24, 2.45) is 0 Å². The highest BCUT2D eigenvalue weighted by atomic mass is 14.9. The third-order valence-electron chi connectivity index (χ3n) is 5.15. The summed E-state index contributed by atoms with van der Waals surface area (Å²) in [6, 6.07) is 9.23. The standard InChI is InChI=1S/C22H23N/c1-22(2)20-14-7-6-12-18(20)19-13-8-11-17(15-21(19)22)23-16-9-4-3-5-10-16/h3-9,12-16,23H,10-11H2,1-2H3. The van der Waals surface area contributed by atoms with E-state index in [1.54, 1.807) is 0 Å². The first-order valence-electron chi connectivity index (χ1n) is 8.48. The van der Waals surface area contributed by atoms with Crippen LogP contribution in [-0.2, 0) is 5.41 Å². The zero-order valence-electron chi connectivity index (χ0n) is 13.8. The summed E-state index contributed by atoms with van der Waals surface area (Å²) in [5.41, 5.74) is 7.04. The van der Waals surface area contributed by atoms with Gasteiger partial charge >= 0.3 is 0 Å². The smallest absolute Gasteiger partial charge is 0.0479 e. The van der Waals surface area contributed by atoms with Gasteiger partial charge in [0.2, 0.25) is 0 Å². The molecule has 0 amide bonds. The van der Waals surface area contributed by atoms with Crippen molar-refractivity contribution in [1.82, 2.24) is 5.32 Å². The predicted molar refractivity (Wildman–Crippen MR) is 98.0 cm³/mol. The molecule has 0 heterocycles. The van der Waals surface area contributed by atoms with E-state index >= 15 is 0 Å². The maximum absolute atomic E-state index is 3.71. The molecule has 3 aliphatic carbocycles. The molecule has 1 aromatic rings. The van der Waals surface area contributed by atoms with E-state index in [0.29, 0.717) is 6.04 Å². The minimum Gasteiger partial charge on any atom is -0.382 e. The molecule has 1 aromatic carbocycles. The predicted octanol–water partition coefficient (Wildman–Crippen LogP) is 5.05. The molecule has 3 aliphatic rings. The molecule has 0 saturated heterocycles. The Bertz CT molecular complexity index is 784. The van der Waals surface area contributed by atoms with Crippen LogP contribution in [0, 0.1) is 0 Å². The Morgan fingerprint density at radius 1 is 1.09 bits per heavy atom. The van der Waals surface area contributed by atoms with Crippen LogP contribution in [-0.4, -0.2) is 6.04 Å². The first-order valence-corrected chi connectivity index (χ1v) is 8.48. The van der Waals surface area contributed by atoms with E-state index in [0.717, 1.165) is 12.8 Å². The number of allylic oxidation sites excluding steroid dienone is 7. The number of hydrogen-bond donors (Lipinski definition) is 1. The number of benzene rings is 1. The van der Waals surface area contributed by atoms with E-state index in [2.05, 4.69) is 86.0 Å². The molecule has 0 fully saturated rings. The van der Waals surface area contributed by atoms with Gasteiger partial charge in [0, 0.05) is 23.6 Å². The van der Waals surface area contributed by atoms with Gasteiger partial charge in [0.1, 0.15) is 0 Å². The van der Waals surface area contributed by atoms with Gasteiger partial charge in [-0.05, 0) is 34.8 Å². The zero-order chi connectivity index (χ0) is 15.9. The van der Waals surface area contributed by atoms with Crippen LogP contribution in [0.2, 0.25) is 0 Å². The summed E-state index contributed by atoms with van der Waals surface area (Å²) < 4.78 is 0. The molecule has 0 saturated carbocycles. The minimum atomic E-state index is 0.0653. The van der Waals surface area contributed by atoms with E-state index < -0.39 is 0 Å². The lowest BCUT2D eigenvalue weighted by Gasteiger charge is -2.24. The average molecular weight is 301 g/mol. The van der Waals surface area contributed by atoms with Gasteiger partial charge in [-0.1, -0.05) is 74.6 Å². The molecule has 1 heteroatoms. The van der Waals surface area contributed by atoms with E-state index in [1.807, 2.05) is 0 Å². The highest BCUT2D eigenvalue weighted by molar-refractivity contribution is 5.88. The third-order valence-corrected chi connectivity index (χ3v) is 5.15. The normalized spacial score (nSPS) is 24.1. The second-order valence-electron chi connectivity index (χ2n) is 7.07. The van der Waals surface area contributed by atoms with E-state index in [-0.39, 0.29) is 5.41 Å². The molecule has 1 atom stereocenters. The van der Waals surface area contributed by atoms with Crippen LogP contribution in [0.15, 0.2) is 78.1 Å². The largest absolute Gasteiger partial charge is 0.382 e. The summed E-state index contributed by atoms with van der Waals surface area (Å²) in [4.78, 5) is 0. The zero-order valence-corrected chi connectivity index (χ0v) is 13.8. The third kappa shape index (κ3) is 2.41. The number of fused-ring (bicyclic) bond motifs is 2. The van der Waals surface area contributed by atoms with E-state index in [1.165, 1.54) is 28.0 Å². The highest BCUT2D eigenvalue weighted by Crippen LogP contribution is 2.48. The van der Waals surface area contributed by atoms with Crippen LogP contribution in [0.25, 0.3) is 5.57 Å². The van der Waals surface area contributed by atoms with Crippen molar-refractivity contribution in [1.29, 1.82) is 0 Å². The molecule has 0 bridgehead atoms. The Balaban J connectivity index is 1.72. The Kier molecular flexibility index (Phi) is 3.37. The second kappa shape index (κ2) is 5.42. The molecule has 116 valence electrons. The van der Waals surface area contributed by atoms with Crippen molar-refractivity contribution in [2.45, 2.75) is 38.1 Å². The topological polar surface area (TPSA) is 12.0 Å². The monoisotopic (exact) mass is 301 g/mol. The highest BCUT2D eigenvalue weighted by Gasteiger charge is 2.36. The van der Waals surface area contributed by atoms with Gasteiger partial charge in [0.25, 0.3) is 0 Å². The van der Waals surface area contributed by atoms with Gasteiger partial charge in [-0.25, -0.2) is 0 Å². The summed E-state index contributed by atoms with van der Waals surface area (Å²) in [5.74, 6) is 0. The van der Waals surface area contributed by atoms with E-state index in [9.17, 15) is 0 Å². The molecule has 1 unspecified atom stereocenters. The SMILES string of the molecule is CC1(C)C2=C(C=CCC(NC3C=CC=CC3)=C2)c2ccccc21. The lowest BCUT2D eigenvalue weighted by Crippen LogP contribution is -2.27. The number of hydrogen-bond acceptors (Lipinski definition) is 1. The van der Waals surface area contributed by atoms with Crippen molar-refractivity contribution < 1.29 is 0 Å². The van der Waals surface area contributed by atoms with Crippen LogP contribution in [0.1, 0.15) is 37.8 Å². The molecule has 0 aromatic heterocycles. The lowest BCUT2D eigenvalue weighted by molar-refractivity contribution is 0.638. The fraction of sp³-hybridized carbons (Fsp3) is 0.273. The quantitative estimate of drug-likeness (QED) is 0.806. The first kappa shape index (κ1) is 14.3. The fourth-order valence-corrected chi connectivity index (χ4v) is 3.89. The Hall–Kier alpha value is -2.28.